The first-order valence-electron chi connectivity index (χ1n) is 9.61. The third-order valence-electron chi connectivity index (χ3n) is 5.05. The lowest BCUT2D eigenvalue weighted by Gasteiger charge is -2.17. The maximum absolute atomic E-state index is 8.83. The lowest BCUT2D eigenvalue weighted by molar-refractivity contribution is 0.206. The quantitative estimate of drug-likeness (QED) is 0.541. The number of nitriles is 1. The number of nitrogens with one attached hydrogen (secondary N) is 3. The lowest BCUT2D eigenvalue weighted by atomic mass is 10.1. The van der Waals surface area contributed by atoms with Crippen LogP contribution in [0.1, 0.15) is 25.0 Å². The number of ether oxygens (including phenoxy) is 2. The average molecular weight is 406 g/mol. The number of aromatic nitrogens is 5. The van der Waals surface area contributed by atoms with Gasteiger partial charge in [-0.2, -0.15) is 10.4 Å². The Balaban J connectivity index is 1.57. The van der Waals surface area contributed by atoms with Gasteiger partial charge in [0.2, 0.25) is 0 Å². The maximum Gasteiger partial charge on any atom is 0.158 e. The first-order valence-corrected chi connectivity index (χ1v) is 9.61. The van der Waals surface area contributed by atoms with Gasteiger partial charge in [0.1, 0.15) is 23.7 Å². The van der Waals surface area contributed by atoms with Gasteiger partial charge in [0.15, 0.2) is 17.3 Å². The molecule has 0 aliphatic heterocycles. The number of H-pyrrole nitrogens is 1. The van der Waals surface area contributed by atoms with E-state index in [4.69, 9.17) is 14.7 Å². The Hall–Kier alpha value is -3.71. The molecule has 4 rings (SSSR count). The van der Waals surface area contributed by atoms with Gasteiger partial charge in [-0.05, 0) is 26.3 Å². The Morgan fingerprint density at radius 2 is 2.00 bits per heavy atom. The van der Waals surface area contributed by atoms with Gasteiger partial charge in [-0.1, -0.05) is 0 Å². The summed E-state index contributed by atoms with van der Waals surface area (Å²) < 4.78 is 11.8. The number of anilines is 2. The molecule has 0 saturated heterocycles. The second-order valence-electron chi connectivity index (χ2n) is 6.94. The molecule has 0 amide bonds. The number of hydrogen-bond acceptors (Lipinski definition) is 9. The van der Waals surface area contributed by atoms with Crippen LogP contribution in [0, 0.1) is 11.3 Å². The van der Waals surface area contributed by atoms with Crippen molar-refractivity contribution in [3.63, 3.8) is 0 Å². The van der Waals surface area contributed by atoms with Crippen molar-refractivity contribution in [3.05, 3.63) is 36.5 Å². The van der Waals surface area contributed by atoms with Crippen molar-refractivity contribution in [2.24, 2.45) is 0 Å². The van der Waals surface area contributed by atoms with E-state index in [-0.39, 0.29) is 11.8 Å². The van der Waals surface area contributed by atoms with E-state index < -0.39 is 0 Å². The number of hydrogen-bond donors (Lipinski definition) is 3. The lowest BCUT2D eigenvalue weighted by Crippen LogP contribution is -2.23. The van der Waals surface area contributed by atoms with Gasteiger partial charge < -0.3 is 20.1 Å². The van der Waals surface area contributed by atoms with Gasteiger partial charge >= 0.3 is 0 Å². The molecule has 2 atom stereocenters. The van der Waals surface area contributed by atoms with E-state index in [0.717, 1.165) is 30.5 Å². The number of methoxy groups -OCH3 is 1. The third-order valence-corrected chi connectivity index (χ3v) is 5.05. The van der Waals surface area contributed by atoms with Crippen molar-refractivity contribution >= 4 is 11.6 Å². The number of nitrogens with zero attached hydrogens (tertiary/aromatic N) is 5. The van der Waals surface area contributed by atoms with E-state index in [1.807, 2.05) is 19.2 Å². The first-order chi connectivity index (χ1) is 14.7. The molecule has 0 aromatic carbocycles. The molecule has 1 saturated carbocycles. The van der Waals surface area contributed by atoms with Crippen LogP contribution in [0.4, 0.5) is 11.6 Å². The zero-order valence-corrected chi connectivity index (χ0v) is 16.7. The van der Waals surface area contributed by atoms with Crippen LogP contribution in [0.3, 0.4) is 0 Å². The normalized spacial score (nSPS) is 18.0. The molecule has 0 spiro atoms. The minimum atomic E-state index is 0.115. The smallest absolute Gasteiger partial charge is 0.158 e. The summed E-state index contributed by atoms with van der Waals surface area (Å²) >= 11 is 0. The molecular weight excluding hydrogens is 384 g/mol. The topological polar surface area (TPSA) is 134 Å². The molecule has 3 heterocycles. The van der Waals surface area contributed by atoms with Crippen LogP contribution in [0.25, 0.3) is 11.3 Å². The molecule has 3 aromatic rings. The van der Waals surface area contributed by atoms with E-state index in [1.165, 1.54) is 12.4 Å². The summed E-state index contributed by atoms with van der Waals surface area (Å²) in [4.78, 5) is 12.4. The van der Waals surface area contributed by atoms with Crippen molar-refractivity contribution < 1.29 is 9.47 Å². The monoisotopic (exact) mass is 406 g/mol. The van der Waals surface area contributed by atoms with E-state index in [2.05, 4.69) is 35.8 Å². The minimum absolute atomic E-state index is 0.115. The van der Waals surface area contributed by atoms with Gasteiger partial charge in [-0.3, -0.25) is 10.1 Å². The van der Waals surface area contributed by atoms with E-state index in [9.17, 15) is 0 Å². The summed E-state index contributed by atoms with van der Waals surface area (Å²) in [6, 6.07) is 4.23. The summed E-state index contributed by atoms with van der Waals surface area (Å²) in [5.74, 6) is 2.26. The average Bonchev–Trinajstić information content (AvgIpc) is 3.43. The summed E-state index contributed by atoms with van der Waals surface area (Å²) in [5.41, 5.74) is 1.72. The molecule has 3 aromatic heterocycles. The first kappa shape index (κ1) is 19.6. The molecule has 1 fully saturated rings. The fourth-order valence-corrected chi connectivity index (χ4v) is 3.52. The number of rotatable bonds is 7. The molecular formula is C20H22N8O2. The predicted molar refractivity (Wildman–Crippen MR) is 110 cm³/mol. The highest BCUT2D eigenvalue weighted by atomic mass is 16.5. The van der Waals surface area contributed by atoms with Crippen LogP contribution in [0.2, 0.25) is 0 Å². The van der Waals surface area contributed by atoms with Gasteiger partial charge in [0.25, 0.3) is 0 Å². The third kappa shape index (κ3) is 4.16. The highest BCUT2D eigenvalue weighted by molar-refractivity contribution is 5.75. The summed E-state index contributed by atoms with van der Waals surface area (Å²) in [7, 11) is 3.57. The van der Waals surface area contributed by atoms with Crippen molar-refractivity contribution in [2.45, 2.75) is 31.4 Å². The maximum atomic E-state index is 8.83. The molecule has 10 heteroatoms. The van der Waals surface area contributed by atoms with Crippen LogP contribution in [-0.2, 0) is 0 Å². The van der Waals surface area contributed by atoms with Gasteiger partial charge in [0.05, 0.1) is 43.2 Å². The highest BCUT2D eigenvalue weighted by Gasteiger charge is 2.27. The summed E-state index contributed by atoms with van der Waals surface area (Å²) in [5, 5.41) is 22.5. The summed E-state index contributed by atoms with van der Waals surface area (Å²) in [6.07, 6.45) is 9.34. The Bertz CT molecular complexity index is 1040. The molecule has 3 N–H and O–H groups in total. The molecule has 1 aliphatic rings. The van der Waals surface area contributed by atoms with Gasteiger partial charge in [-0.25, -0.2) is 9.97 Å². The molecule has 30 heavy (non-hydrogen) atoms. The molecule has 0 radical (unpaired) electrons. The van der Waals surface area contributed by atoms with Gasteiger partial charge in [0, 0.05) is 12.1 Å². The Kier molecular flexibility index (Phi) is 5.72. The van der Waals surface area contributed by atoms with Crippen LogP contribution < -0.4 is 20.1 Å². The molecule has 1 aliphatic carbocycles. The predicted octanol–water partition coefficient (Wildman–Crippen LogP) is 2.40. The van der Waals surface area contributed by atoms with Crippen LogP contribution >= 0.6 is 0 Å². The van der Waals surface area contributed by atoms with E-state index in [0.29, 0.717) is 29.2 Å². The van der Waals surface area contributed by atoms with Gasteiger partial charge in [-0.15, -0.1) is 0 Å². The molecule has 0 bridgehead atoms. The minimum Gasteiger partial charge on any atom is -0.494 e. The van der Waals surface area contributed by atoms with Crippen LogP contribution in [0.15, 0.2) is 30.9 Å². The Morgan fingerprint density at radius 3 is 2.70 bits per heavy atom. The molecule has 154 valence electrons. The fraction of sp³-hybridized carbons (Fsp3) is 0.350. The largest absolute Gasteiger partial charge is 0.494 e. The Morgan fingerprint density at radius 1 is 1.13 bits per heavy atom. The molecule has 10 nitrogen and oxygen atoms in total. The number of pyridine rings is 1. The van der Waals surface area contributed by atoms with Crippen molar-refractivity contribution in [3.8, 4) is 28.8 Å². The van der Waals surface area contributed by atoms with E-state index in [1.54, 1.807) is 19.5 Å². The molecule has 0 unspecified atom stereocenters. The standard InChI is InChI=1S/C20H22N8O2/c1-22-12-3-4-14(5-12)30-17-10-23-9-16(29-2)20(17)15-6-18(28-27-15)26-19-11-24-13(7-21)8-25-19/h6,8-12,14,22H,3-5H2,1-2H3,(H2,25,26,27,28)/t12-,14-/m1/s1. The Labute approximate surface area is 173 Å². The van der Waals surface area contributed by atoms with Crippen LogP contribution in [0.5, 0.6) is 11.5 Å². The highest BCUT2D eigenvalue weighted by Crippen LogP contribution is 2.39. The fourth-order valence-electron chi connectivity index (χ4n) is 3.52. The van der Waals surface area contributed by atoms with Crippen LogP contribution in [-0.4, -0.2) is 51.5 Å². The SMILES string of the molecule is CN[C@@H]1CC[C@@H](Oc2cncc(OC)c2-c2cc(Nc3cnc(C#N)cn3)n[nH]2)C1. The zero-order valence-electron chi connectivity index (χ0n) is 16.7. The second-order valence-corrected chi connectivity index (χ2v) is 6.94. The summed E-state index contributed by atoms with van der Waals surface area (Å²) in [6.45, 7) is 0. The second kappa shape index (κ2) is 8.75. The van der Waals surface area contributed by atoms with Crippen molar-refractivity contribution in [1.82, 2.24) is 30.5 Å². The zero-order chi connectivity index (χ0) is 20.9. The van der Waals surface area contributed by atoms with E-state index >= 15 is 0 Å². The number of aromatic amines is 1. The van der Waals surface area contributed by atoms with Crippen molar-refractivity contribution in [2.75, 3.05) is 19.5 Å². The van der Waals surface area contributed by atoms with Crippen molar-refractivity contribution in [1.29, 1.82) is 5.26 Å².